The minimum absolute atomic E-state index is 0.290. The van der Waals surface area contributed by atoms with E-state index < -0.39 is 0 Å². The van der Waals surface area contributed by atoms with E-state index in [1.807, 2.05) is 4.90 Å². The Morgan fingerprint density at radius 1 is 0.850 bits per heavy atom. The van der Waals surface area contributed by atoms with Gasteiger partial charge < -0.3 is 14.7 Å². The fourth-order valence-electron chi connectivity index (χ4n) is 3.53. The third-order valence-electron chi connectivity index (χ3n) is 5.64. The maximum atomic E-state index is 12.3. The highest BCUT2D eigenvalue weighted by molar-refractivity contribution is 5.76. The fourth-order valence-corrected chi connectivity index (χ4v) is 3.53. The van der Waals surface area contributed by atoms with Crippen LogP contribution in [0.1, 0.15) is 27.7 Å². The van der Waals surface area contributed by atoms with E-state index in [-0.39, 0.29) is 6.03 Å². The maximum absolute atomic E-state index is 12.3. The van der Waals surface area contributed by atoms with E-state index in [2.05, 4.69) is 37.5 Å². The third-order valence-corrected chi connectivity index (χ3v) is 5.64. The monoisotopic (exact) mass is 279 g/mol. The summed E-state index contributed by atoms with van der Waals surface area (Å²) in [5.41, 5.74) is 0. The van der Waals surface area contributed by atoms with Crippen LogP contribution in [-0.2, 0) is 0 Å². The number of urea groups is 1. The molecule has 3 saturated heterocycles. The molecule has 0 atom stereocenters. The molecule has 0 radical (unpaired) electrons. The molecule has 4 nitrogen and oxygen atoms in total. The summed E-state index contributed by atoms with van der Waals surface area (Å²) in [5.74, 6) is 3.03. The number of nitrogens with zero attached hydrogens (tertiary/aromatic N) is 3. The Morgan fingerprint density at radius 2 is 1.35 bits per heavy atom. The Labute approximate surface area is 123 Å². The molecule has 0 spiro atoms. The highest BCUT2D eigenvalue weighted by atomic mass is 16.2. The molecule has 3 aliphatic heterocycles. The zero-order chi connectivity index (χ0) is 14.4. The predicted molar refractivity (Wildman–Crippen MR) is 80.6 cm³/mol. The molecule has 20 heavy (non-hydrogen) atoms. The largest absolute Gasteiger partial charge is 0.324 e. The number of rotatable bonds is 3. The molecular formula is C16H29N3O. The van der Waals surface area contributed by atoms with Gasteiger partial charge in [-0.05, 0) is 37.5 Å². The van der Waals surface area contributed by atoms with Crippen molar-refractivity contribution in [2.45, 2.75) is 33.7 Å². The molecule has 3 rings (SSSR count). The zero-order valence-corrected chi connectivity index (χ0v) is 13.4. The van der Waals surface area contributed by atoms with E-state index >= 15 is 0 Å². The van der Waals surface area contributed by atoms with Crippen molar-refractivity contribution >= 4 is 6.03 Å². The molecule has 2 amide bonds. The molecule has 0 aromatic rings. The van der Waals surface area contributed by atoms with Crippen molar-refractivity contribution in [3.8, 4) is 0 Å². The molecule has 4 heteroatoms. The van der Waals surface area contributed by atoms with Gasteiger partial charge in [0.15, 0.2) is 0 Å². The van der Waals surface area contributed by atoms with E-state index in [1.54, 1.807) is 0 Å². The molecule has 0 bridgehead atoms. The van der Waals surface area contributed by atoms with Gasteiger partial charge in [-0.15, -0.1) is 0 Å². The molecule has 0 saturated carbocycles. The number of carbonyl (C=O) groups is 1. The van der Waals surface area contributed by atoms with Crippen molar-refractivity contribution in [3.05, 3.63) is 0 Å². The Morgan fingerprint density at radius 3 is 1.85 bits per heavy atom. The van der Waals surface area contributed by atoms with E-state index in [0.29, 0.717) is 12.0 Å². The molecular weight excluding hydrogens is 250 g/mol. The topological polar surface area (TPSA) is 26.8 Å². The predicted octanol–water partition coefficient (Wildman–Crippen LogP) is 1.97. The van der Waals surface area contributed by atoms with Crippen LogP contribution in [0.4, 0.5) is 4.79 Å². The summed E-state index contributed by atoms with van der Waals surface area (Å²) in [7, 11) is 0. The zero-order valence-electron chi connectivity index (χ0n) is 13.4. The van der Waals surface area contributed by atoms with Crippen LogP contribution >= 0.6 is 0 Å². The van der Waals surface area contributed by atoms with Crippen LogP contribution in [0, 0.1) is 23.7 Å². The van der Waals surface area contributed by atoms with E-state index in [0.717, 1.165) is 43.9 Å². The van der Waals surface area contributed by atoms with E-state index in [4.69, 9.17) is 0 Å². The molecule has 3 heterocycles. The summed E-state index contributed by atoms with van der Waals surface area (Å²) in [6.07, 6.45) is 0. The first-order valence-corrected chi connectivity index (χ1v) is 8.23. The average molecular weight is 279 g/mol. The summed E-state index contributed by atoms with van der Waals surface area (Å²) in [6.45, 7) is 15.5. The van der Waals surface area contributed by atoms with Crippen LogP contribution in [0.3, 0.4) is 0 Å². The first-order valence-electron chi connectivity index (χ1n) is 8.23. The SMILES string of the molecule is CC(C)C1CN(C(=O)N2CC(C3CN(C(C)C)C3)C2)C1. The van der Waals surface area contributed by atoms with Crippen LogP contribution in [0.15, 0.2) is 0 Å². The lowest BCUT2D eigenvalue weighted by molar-refractivity contribution is -0.0309. The lowest BCUT2D eigenvalue weighted by Crippen LogP contribution is -2.65. The average Bonchev–Trinajstić information content (AvgIpc) is 2.14. The van der Waals surface area contributed by atoms with Gasteiger partial charge >= 0.3 is 6.03 Å². The summed E-state index contributed by atoms with van der Waals surface area (Å²) < 4.78 is 0. The van der Waals surface area contributed by atoms with Crippen molar-refractivity contribution in [3.63, 3.8) is 0 Å². The first kappa shape index (κ1) is 14.2. The normalized spacial score (nSPS) is 25.9. The van der Waals surface area contributed by atoms with Crippen molar-refractivity contribution in [1.29, 1.82) is 0 Å². The summed E-state index contributed by atoms with van der Waals surface area (Å²) >= 11 is 0. The third kappa shape index (κ3) is 2.43. The summed E-state index contributed by atoms with van der Waals surface area (Å²) in [5, 5.41) is 0. The van der Waals surface area contributed by atoms with Gasteiger partial charge in [-0.1, -0.05) is 13.8 Å². The molecule has 0 aliphatic carbocycles. The lowest BCUT2D eigenvalue weighted by Gasteiger charge is -2.53. The standard InChI is InChI=1S/C16H29N3O/c1-11(2)13-5-18(6-13)16(20)19-9-15(10-19)14-7-17(8-14)12(3)4/h11-15H,5-10H2,1-4H3. The molecule has 0 N–H and O–H groups in total. The van der Waals surface area contributed by atoms with Gasteiger partial charge in [-0.2, -0.15) is 0 Å². The second-order valence-corrected chi connectivity index (χ2v) is 7.66. The van der Waals surface area contributed by atoms with E-state index in [1.165, 1.54) is 13.1 Å². The number of amides is 2. The highest BCUT2D eigenvalue weighted by Crippen LogP contribution is 2.33. The van der Waals surface area contributed by atoms with Gasteiger partial charge in [0.25, 0.3) is 0 Å². The minimum atomic E-state index is 0.290. The number of hydrogen-bond donors (Lipinski definition) is 0. The molecule has 0 aromatic carbocycles. The van der Waals surface area contributed by atoms with E-state index in [9.17, 15) is 4.79 Å². The number of hydrogen-bond acceptors (Lipinski definition) is 2. The van der Waals surface area contributed by atoms with Gasteiger partial charge in [-0.3, -0.25) is 0 Å². The minimum Gasteiger partial charge on any atom is -0.324 e. The van der Waals surface area contributed by atoms with Crippen LogP contribution < -0.4 is 0 Å². The van der Waals surface area contributed by atoms with Gasteiger partial charge in [0.1, 0.15) is 0 Å². The molecule has 114 valence electrons. The Kier molecular flexibility index (Phi) is 3.69. The summed E-state index contributed by atoms with van der Waals surface area (Å²) in [4.78, 5) is 18.9. The van der Waals surface area contributed by atoms with Gasteiger partial charge in [0.2, 0.25) is 0 Å². The van der Waals surface area contributed by atoms with Crippen molar-refractivity contribution in [1.82, 2.24) is 14.7 Å². The summed E-state index contributed by atoms with van der Waals surface area (Å²) in [6, 6.07) is 0.969. The van der Waals surface area contributed by atoms with Crippen molar-refractivity contribution < 1.29 is 4.79 Å². The number of likely N-dealkylation sites (tertiary alicyclic amines) is 3. The van der Waals surface area contributed by atoms with Crippen molar-refractivity contribution in [2.75, 3.05) is 39.3 Å². The molecule has 0 aromatic heterocycles. The fraction of sp³-hybridized carbons (Fsp3) is 0.938. The Balaban J connectivity index is 1.36. The van der Waals surface area contributed by atoms with Crippen LogP contribution in [0.2, 0.25) is 0 Å². The molecule has 3 aliphatic rings. The quantitative estimate of drug-likeness (QED) is 0.789. The van der Waals surface area contributed by atoms with Gasteiger partial charge in [0, 0.05) is 45.3 Å². The number of carbonyl (C=O) groups excluding carboxylic acids is 1. The molecule has 0 unspecified atom stereocenters. The Hall–Kier alpha value is -0.770. The Bertz CT molecular complexity index is 364. The second-order valence-electron chi connectivity index (χ2n) is 7.66. The molecule has 3 fully saturated rings. The van der Waals surface area contributed by atoms with Crippen molar-refractivity contribution in [2.24, 2.45) is 23.7 Å². The highest BCUT2D eigenvalue weighted by Gasteiger charge is 2.44. The first-order chi connectivity index (χ1) is 9.45. The van der Waals surface area contributed by atoms with Gasteiger partial charge in [0.05, 0.1) is 0 Å². The van der Waals surface area contributed by atoms with Crippen LogP contribution in [0.5, 0.6) is 0 Å². The smallest absolute Gasteiger partial charge is 0.320 e. The second kappa shape index (κ2) is 5.21. The maximum Gasteiger partial charge on any atom is 0.320 e. The van der Waals surface area contributed by atoms with Crippen LogP contribution in [-0.4, -0.2) is 66.0 Å². The van der Waals surface area contributed by atoms with Gasteiger partial charge in [-0.25, -0.2) is 4.79 Å². The van der Waals surface area contributed by atoms with Crippen LogP contribution in [0.25, 0.3) is 0 Å². The lowest BCUT2D eigenvalue weighted by atomic mass is 9.80.